The first kappa shape index (κ1) is 17.7. The first-order valence-corrected chi connectivity index (χ1v) is 7.41. The zero-order valence-electron chi connectivity index (χ0n) is 13.1. The molecule has 0 spiro atoms. The van der Waals surface area contributed by atoms with Crippen molar-refractivity contribution >= 4 is 12.4 Å². The Morgan fingerprint density at radius 1 is 1.24 bits per heavy atom. The maximum absolute atomic E-state index is 4.38. The summed E-state index contributed by atoms with van der Waals surface area (Å²) in [6.07, 6.45) is 7.04. The molecule has 0 saturated carbocycles. The topological polar surface area (TPSA) is 47.7 Å². The quantitative estimate of drug-likeness (QED) is 0.815. The molecule has 118 valence electrons. The molecule has 5 nitrogen and oxygen atoms in total. The lowest BCUT2D eigenvalue weighted by Gasteiger charge is -2.07. The van der Waals surface area contributed by atoms with Gasteiger partial charge >= 0.3 is 0 Å². The molecule has 0 aromatic carbocycles. The number of aromatic nitrogens is 4. The number of halogens is 1. The number of hydrogen-bond acceptors (Lipinski definition) is 3. The van der Waals surface area contributed by atoms with E-state index < -0.39 is 0 Å². The number of aryl methyl sites for hydroxylation is 1. The number of nitrogens with zero attached hydrogens (tertiary/aromatic N) is 4. The Kier molecular flexibility index (Phi) is 7.47. The summed E-state index contributed by atoms with van der Waals surface area (Å²) in [5.74, 6) is 0.624. The van der Waals surface area contributed by atoms with Crippen molar-refractivity contribution in [1.29, 1.82) is 0 Å². The maximum atomic E-state index is 4.38. The van der Waals surface area contributed by atoms with Gasteiger partial charge < -0.3 is 5.32 Å². The molecule has 0 atom stereocenters. The second kappa shape index (κ2) is 8.85. The summed E-state index contributed by atoms with van der Waals surface area (Å²) in [5, 5.41) is 12.2. The molecule has 0 aliphatic rings. The maximum Gasteiger partial charge on any atom is 0.0534 e. The van der Waals surface area contributed by atoms with E-state index in [2.05, 4.69) is 53.2 Å². The highest BCUT2D eigenvalue weighted by molar-refractivity contribution is 5.85. The Bertz CT molecular complexity index is 518. The smallest absolute Gasteiger partial charge is 0.0534 e. The highest BCUT2D eigenvalue weighted by atomic mass is 35.5. The van der Waals surface area contributed by atoms with Gasteiger partial charge in [0.2, 0.25) is 0 Å². The number of rotatable bonds is 8. The monoisotopic (exact) mass is 311 g/mol. The van der Waals surface area contributed by atoms with Crippen molar-refractivity contribution < 1.29 is 0 Å². The molecule has 0 unspecified atom stereocenters. The van der Waals surface area contributed by atoms with Crippen molar-refractivity contribution in [3.05, 3.63) is 35.9 Å². The first-order chi connectivity index (χ1) is 9.69. The van der Waals surface area contributed by atoms with Crippen LogP contribution in [0, 0.1) is 5.92 Å². The molecule has 2 aromatic heterocycles. The second-order valence-corrected chi connectivity index (χ2v) is 5.61. The third-order valence-corrected chi connectivity index (χ3v) is 3.11. The molecule has 0 amide bonds. The van der Waals surface area contributed by atoms with Crippen LogP contribution in [0.3, 0.4) is 0 Å². The molecular weight excluding hydrogens is 286 g/mol. The van der Waals surface area contributed by atoms with Gasteiger partial charge in [-0.25, -0.2) is 0 Å². The van der Waals surface area contributed by atoms with Crippen molar-refractivity contribution in [2.24, 2.45) is 5.92 Å². The van der Waals surface area contributed by atoms with Crippen LogP contribution in [-0.4, -0.2) is 19.6 Å². The molecule has 0 saturated heterocycles. The van der Waals surface area contributed by atoms with E-state index in [9.17, 15) is 0 Å². The van der Waals surface area contributed by atoms with Crippen LogP contribution < -0.4 is 5.32 Å². The molecule has 21 heavy (non-hydrogen) atoms. The molecule has 0 fully saturated rings. The Labute approximate surface area is 133 Å². The van der Waals surface area contributed by atoms with Crippen LogP contribution in [0.15, 0.2) is 24.7 Å². The van der Waals surface area contributed by atoms with E-state index in [4.69, 9.17) is 0 Å². The van der Waals surface area contributed by atoms with E-state index in [1.54, 1.807) is 0 Å². The highest BCUT2D eigenvalue weighted by Crippen LogP contribution is 2.04. The normalized spacial score (nSPS) is 10.9. The lowest BCUT2D eigenvalue weighted by atomic mass is 10.2. The van der Waals surface area contributed by atoms with Crippen LogP contribution in [0.1, 0.15) is 38.4 Å². The minimum absolute atomic E-state index is 0. The minimum atomic E-state index is 0. The van der Waals surface area contributed by atoms with Gasteiger partial charge in [-0.05, 0) is 18.4 Å². The predicted molar refractivity (Wildman–Crippen MR) is 87.4 cm³/mol. The van der Waals surface area contributed by atoms with Gasteiger partial charge in [0.25, 0.3) is 0 Å². The van der Waals surface area contributed by atoms with Gasteiger partial charge in [0.1, 0.15) is 0 Å². The molecule has 2 heterocycles. The lowest BCUT2D eigenvalue weighted by Crippen LogP contribution is -2.16. The Morgan fingerprint density at radius 2 is 2.05 bits per heavy atom. The van der Waals surface area contributed by atoms with Gasteiger partial charge in [-0.3, -0.25) is 9.36 Å². The third kappa shape index (κ3) is 5.52. The Balaban J connectivity index is 0.00000220. The Morgan fingerprint density at radius 3 is 2.76 bits per heavy atom. The fourth-order valence-electron chi connectivity index (χ4n) is 2.23. The number of nitrogens with one attached hydrogen (secondary N) is 1. The molecule has 0 aliphatic heterocycles. The van der Waals surface area contributed by atoms with Crippen molar-refractivity contribution in [1.82, 2.24) is 24.9 Å². The van der Waals surface area contributed by atoms with Crippen molar-refractivity contribution in [3.63, 3.8) is 0 Å². The summed E-state index contributed by atoms with van der Waals surface area (Å²) in [7, 11) is 0. The van der Waals surface area contributed by atoms with E-state index in [-0.39, 0.29) is 12.4 Å². The van der Waals surface area contributed by atoms with E-state index in [1.807, 2.05) is 17.1 Å². The molecule has 2 aromatic rings. The van der Waals surface area contributed by atoms with Crippen LogP contribution >= 0.6 is 12.4 Å². The Hall–Kier alpha value is -1.33. The summed E-state index contributed by atoms with van der Waals surface area (Å²) in [6, 6.07) is 2.07. The van der Waals surface area contributed by atoms with Crippen LogP contribution in [0.25, 0.3) is 0 Å². The summed E-state index contributed by atoms with van der Waals surface area (Å²) >= 11 is 0. The molecule has 6 heteroatoms. The summed E-state index contributed by atoms with van der Waals surface area (Å²) in [4.78, 5) is 0. The molecular formula is C15H26ClN5. The van der Waals surface area contributed by atoms with Gasteiger partial charge in [0.15, 0.2) is 0 Å². The van der Waals surface area contributed by atoms with E-state index in [1.165, 1.54) is 11.3 Å². The zero-order chi connectivity index (χ0) is 14.4. The molecule has 1 N–H and O–H groups in total. The van der Waals surface area contributed by atoms with E-state index in [0.717, 1.165) is 32.6 Å². The fraction of sp³-hybridized carbons (Fsp3) is 0.600. The van der Waals surface area contributed by atoms with Crippen LogP contribution in [-0.2, 0) is 26.2 Å². The molecule has 0 bridgehead atoms. The predicted octanol–water partition coefficient (Wildman–Crippen LogP) is 2.86. The summed E-state index contributed by atoms with van der Waals surface area (Å²) < 4.78 is 4.08. The van der Waals surface area contributed by atoms with Gasteiger partial charge in [0.05, 0.1) is 11.9 Å². The molecule has 0 aliphatic carbocycles. The number of hydrogen-bond donors (Lipinski definition) is 1. The zero-order valence-corrected chi connectivity index (χ0v) is 13.9. The largest absolute Gasteiger partial charge is 0.307 e. The van der Waals surface area contributed by atoms with Crippen molar-refractivity contribution in [3.8, 4) is 0 Å². The first-order valence-electron chi connectivity index (χ1n) is 7.41. The lowest BCUT2D eigenvalue weighted by molar-refractivity contribution is 0.482. The van der Waals surface area contributed by atoms with Gasteiger partial charge in [-0.2, -0.15) is 10.2 Å². The highest BCUT2D eigenvalue weighted by Gasteiger charge is 2.03. The van der Waals surface area contributed by atoms with E-state index >= 15 is 0 Å². The van der Waals surface area contributed by atoms with E-state index in [0.29, 0.717) is 5.92 Å². The third-order valence-electron chi connectivity index (χ3n) is 3.11. The molecule has 2 rings (SSSR count). The van der Waals surface area contributed by atoms with Crippen LogP contribution in [0.5, 0.6) is 0 Å². The van der Waals surface area contributed by atoms with Crippen LogP contribution in [0.2, 0.25) is 0 Å². The van der Waals surface area contributed by atoms with Crippen molar-refractivity contribution in [2.75, 3.05) is 0 Å². The average Bonchev–Trinajstić information content (AvgIpc) is 3.00. The standard InChI is InChI=1S/C15H25N5.ClH/c1-4-7-20-15(5-6-17-20)10-16-8-14-9-18-19(12-14)11-13(2)3;/h5-6,9,12-13,16H,4,7-8,10-11H2,1-3H3;1H. The average molecular weight is 312 g/mol. The summed E-state index contributed by atoms with van der Waals surface area (Å²) in [6.45, 7) is 10.2. The fourth-order valence-corrected chi connectivity index (χ4v) is 2.23. The second-order valence-electron chi connectivity index (χ2n) is 5.61. The molecule has 0 radical (unpaired) electrons. The van der Waals surface area contributed by atoms with Gasteiger partial charge in [-0.1, -0.05) is 20.8 Å². The minimum Gasteiger partial charge on any atom is -0.307 e. The summed E-state index contributed by atoms with van der Waals surface area (Å²) in [5.41, 5.74) is 2.47. The SMILES string of the molecule is CCCn1nccc1CNCc1cnn(CC(C)C)c1.Cl. The van der Waals surface area contributed by atoms with Gasteiger partial charge in [-0.15, -0.1) is 12.4 Å². The van der Waals surface area contributed by atoms with Crippen molar-refractivity contribution in [2.45, 2.75) is 53.4 Å². The van der Waals surface area contributed by atoms with Crippen LogP contribution in [0.4, 0.5) is 0 Å². The van der Waals surface area contributed by atoms with Gasteiger partial charge in [0, 0.05) is 44.1 Å².